The number of nitrogens with zero attached hydrogens (tertiary/aromatic N) is 1. The topological polar surface area (TPSA) is 46.6 Å². The molecule has 1 saturated carbocycles. The molecule has 0 aromatic heterocycles. The van der Waals surface area contributed by atoms with E-state index in [9.17, 15) is 9.59 Å². The van der Waals surface area contributed by atoms with Gasteiger partial charge in [-0.25, -0.2) is 4.79 Å². The molecule has 2 rings (SSSR count). The van der Waals surface area contributed by atoms with Crippen LogP contribution in [0.4, 0.5) is 4.79 Å². The summed E-state index contributed by atoms with van der Waals surface area (Å²) >= 11 is 0. The maximum absolute atomic E-state index is 12.1. The molecule has 1 aromatic carbocycles. The minimum Gasteiger partial charge on any atom is -0.444 e. The lowest BCUT2D eigenvalue weighted by Gasteiger charge is -2.28. The molecule has 1 aliphatic carbocycles. The van der Waals surface area contributed by atoms with Gasteiger partial charge in [-0.15, -0.1) is 0 Å². The normalized spacial score (nSPS) is 24.3. The first-order valence-electron chi connectivity index (χ1n) is 7.23. The van der Waals surface area contributed by atoms with Crippen molar-refractivity contribution in [1.82, 2.24) is 4.90 Å². The van der Waals surface area contributed by atoms with Crippen LogP contribution in [0.3, 0.4) is 0 Å². The van der Waals surface area contributed by atoms with Gasteiger partial charge in [0, 0.05) is 24.9 Å². The first-order valence-corrected chi connectivity index (χ1v) is 7.23. The van der Waals surface area contributed by atoms with Crippen LogP contribution in [-0.4, -0.2) is 36.5 Å². The summed E-state index contributed by atoms with van der Waals surface area (Å²) in [6.45, 7) is 6.03. The zero-order valence-electron chi connectivity index (χ0n) is 13.1. The molecule has 4 heteroatoms. The average molecular weight is 289 g/mol. The summed E-state index contributed by atoms with van der Waals surface area (Å²) < 4.78 is 5.38. The number of rotatable bonds is 4. The van der Waals surface area contributed by atoms with E-state index < -0.39 is 5.60 Å². The van der Waals surface area contributed by atoms with E-state index in [0.29, 0.717) is 6.54 Å². The molecule has 21 heavy (non-hydrogen) atoms. The van der Waals surface area contributed by atoms with Gasteiger partial charge in [-0.2, -0.15) is 0 Å². The molecule has 0 heterocycles. The molecule has 1 aliphatic rings. The monoisotopic (exact) mass is 289 g/mol. The van der Waals surface area contributed by atoms with E-state index >= 15 is 0 Å². The molecule has 0 aliphatic heterocycles. The second-order valence-corrected chi connectivity index (χ2v) is 6.81. The van der Waals surface area contributed by atoms with Gasteiger partial charge >= 0.3 is 6.09 Å². The summed E-state index contributed by atoms with van der Waals surface area (Å²) in [6.07, 6.45) is 1.43. The van der Waals surface area contributed by atoms with Crippen molar-refractivity contribution < 1.29 is 14.3 Å². The van der Waals surface area contributed by atoms with E-state index in [4.69, 9.17) is 4.74 Å². The molecule has 0 bridgehead atoms. The van der Waals surface area contributed by atoms with Gasteiger partial charge in [0.15, 0.2) is 0 Å². The Morgan fingerprint density at radius 2 is 2.00 bits per heavy atom. The van der Waals surface area contributed by atoms with Crippen molar-refractivity contribution in [2.75, 3.05) is 13.6 Å². The smallest absolute Gasteiger partial charge is 0.410 e. The van der Waals surface area contributed by atoms with Crippen molar-refractivity contribution in [1.29, 1.82) is 0 Å². The molecular weight excluding hydrogens is 266 g/mol. The van der Waals surface area contributed by atoms with E-state index in [1.807, 2.05) is 51.1 Å². The highest BCUT2D eigenvalue weighted by Crippen LogP contribution is 2.53. The third-order valence-corrected chi connectivity index (χ3v) is 3.87. The zero-order chi connectivity index (χ0) is 15.7. The number of likely N-dealkylation sites (N-methyl/N-ethyl adjacent to an activating group) is 1. The van der Waals surface area contributed by atoms with Crippen LogP contribution in [-0.2, 0) is 14.9 Å². The molecule has 2 unspecified atom stereocenters. The second kappa shape index (κ2) is 5.51. The van der Waals surface area contributed by atoms with Gasteiger partial charge in [0.1, 0.15) is 11.9 Å². The molecule has 4 nitrogen and oxygen atoms in total. The van der Waals surface area contributed by atoms with Crippen molar-refractivity contribution in [2.45, 2.75) is 38.2 Å². The Bertz CT molecular complexity index is 521. The van der Waals surface area contributed by atoms with Gasteiger partial charge in [0.25, 0.3) is 0 Å². The van der Waals surface area contributed by atoms with Crippen LogP contribution >= 0.6 is 0 Å². The molecule has 114 valence electrons. The van der Waals surface area contributed by atoms with E-state index in [0.717, 1.165) is 18.3 Å². The van der Waals surface area contributed by atoms with E-state index in [-0.39, 0.29) is 17.4 Å². The number of carbonyl (C=O) groups is 2. The molecular formula is C17H23NO3. The second-order valence-electron chi connectivity index (χ2n) is 6.81. The highest BCUT2D eigenvalue weighted by atomic mass is 16.6. The third kappa shape index (κ3) is 3.43. The third-order valence-electron chi connectivity index (χ3n) is 3.87. The number of hydrogen-bond donors (Lipinski definition) is 0. The molecule has 1 amide bonds. The van der Waals surface area contributed by atoms with E-state index in [2.05, 4.69) is 0 Å². The lowest BCUT2D eigenvalue weighted by molar-refractivity contribution is -0.109. The van der Waals surface area contributed by atoms with Gasteiger partial charge in [-0.3, -0.25) is 0 Å². The van der Waals surface area contributed by atoms with Gasteiger partial charge in [0.05, 0.1) is 0 Å². The Kier molecular flexibility index (Phi) is 4.08. The van der Waals surface area contributed by atoms with Crippen LogP contribution in [0.2, 0.25) is 0 Å². The van der Waals surface area contributed by atoms with Gasteiger partial charge < -0.3 is 14.4 Å². The van der Waals surface area contributed by atoms with Crippen LogP contribution in [0, 0.1) is 5.92 Å². The number of aldehydes is 1. The van der Waals surface area contributed by atoms with E-state index in [1.165, 1.54) is 0 Å². The molecule has 2 atom stereocenters. The summed E-state index contributed by atoms with van der Waals surface area (Å²) in [5.41, 5.74) is 0.338. The lowest BCUT2D eigenvalue weighted by atomic mass is 9.93. The highest BCUT2D eigenvalue weighted by molar-refractivity contribution is 5.70. The number of benzene rings is 1. The Balaban J connectivity index is 2.12. The number of carbonyl (C=O) groups excluding carboxylic acids is 2. The summed E-state index contributed by atoms with van der Waals surface area (Å²) in [5.74, 6) is -0.0233. The highest BCUT2D eigenvalue weighted by Gasteiger charge is 2.56. The average Bonchev–Trinajstić information content (AvgIpc) is 3.12. The lowest BCUT2D eigenvalue weighted by Crippen LogP contribution is -2.39. The SMILES string of the molecule is CN(CC1(c2ccccc2)CC1C=O)C(=O)OC(C)(C)C. The fraction of sp³-hybridized carbons (Fsp3) is 0.529. The summed E-state index contributed by atoms with van der Waals surface area (Å²) in [6, 6.07) is 9.92. The molecule has 0 saturated heterocycles. The Morgan fingerprint density at radius 1 is 1.38 bits per heavy atom. The Hall–Kier alpha value is -1.84. The summed E-state index contributed by atoms with van der Waals surface area (Å²) in [4.78, 5) is 24.9. The van der Waals surface area contributed by atoms with Crippen LogP contribution in [0.25, 0.3) is 0 Å². The molecule has 0 spiro atoms. The van der Waals surface area contributed by atoms with Crippen LogP contribution in [0.5, 0.6) is 0 Å². The maximum Gasteiger partial charge on any atom is 0.410 e. The van der Waals surface area contributed by atoms with Gasteiger partial charge in [-0.05, 0) is 32.8 Å². The van der Waals surface area contributed by atoms with Crippen molar-refractivity contribution in [3.05, 3.63) is 35.9 Å². The number of ether oxygens (including phenoxy) is 1. The number of hydrogen-bond acceptors (Lipinski definition) is 3. The van der Waals surface area contributed by atoms with Crippen molar-refractivity contribution in [3.8, 4) is 0 Å². The molecule has 1 fully saturated rings. The molecule has 0 N–H and O–H groups in total. The first-order chi connectivity index (χ1) is 9.78. The minimum atomic E-state index is -0.515. The maximum atomic E-state index is 12.1. The fourth-order valence-electron chi connectivity index (χ4n) is 2.71. The van der Waals surface area contributed by atoms with Crippen molar-refractivity contribution in [3.63, 3.8) is 0 Å². The van der Waals surface area contributed by atoms with E-state index in [1.54, 1.807) is 11.9 Å². The molecule has 1 aromatic rings. The Morgan fingerprint density at radius 3 is 2.48 bits per heavy atom. The zero-order valence-corrected chi connectivity index (χ0v) is 13.1. The predicted molar refractivity (Wildman–Crippen MR) is 81.2 cm³/mol. The van der Waals surface area contributed by atoms with Gasteiger partial charge in [-0.1, -0.05) is 30.3 Å². The fourth-order valence-corrected chi connectivity index (χ4v) is 2.71. The van der Waals surface area contributed by atoms with Crippen molar-refractivity contribution >= 4 is 12.4 Å². The van der Waals surface area contributed by atoms with Gasteiger partial charge in [0.2, 0.25) is 0 Å². The predicted octanol–water partition coefficient (Wildman–Crippen LogP) is 3.01. The molecule has 0 radical (unpaired) electrons. The number of amides is 1. The minimum absolute atomic E-state index is 0.0233. The first kappa shape index (κ1) is 15.5. The van der Waals surface area contributed by atoms with Crippen molar-refractivity contribution in [2.24, 2.45) is 5.92 Å². The quantitative estimate of drug-likeness (QED) is 0.800. The summed E-state index contributed by atoms with van der Waals surface area (Å²) in [5, 5.41) is 0. The largest absolute Gasteiger partial charge is 0.444 e. The summed E-state index contributed by atoms with van der Waals surface area (Å²) in [7, 11) is 1.72. The Labute approximate surface area is 126 Å². The van der Waals surface area contributed by atoms with Crippen LogP contribution in [0.1, 0.15) is 32.8 Å². The van der Waals surface area contributed by atoms with Crippen LogP contribution in [0.15, 0.2) is 30.3 Å². The standard InChI is InChI=1S/C17H23NO3/c1-16(2,3)21-15(20)18(4)12-17(10-14(17)11-19)13-8-6-5-7-9-13/h5-9,11,14H,10,12H2,1-4H3. The van der Waals surface area contributed by atoms with Crippen LogP contribution < -0.4 is 0 Å².